The molecule has 1 N–H and O–H groups in total. The van der Waals surface area contributed by atoms with Crippen molar-refractivity contribution in [2.24, 2.45) is 0 Å². The van der Waals surface area contributed by atoms with Crippen LogP contribution in [0.2, 0.25) is 0 Å². The maximum absolute atomic E-state index is 13.7. The molecule has 1 aromatic carbocycles. The Morgan fingerprint density at radius 3 is 2.29 bits per heavy atom. The van der Waals surface area contributed by atoms with Crippen LogP contribution in [0.4, 0.5) is 0 Å². The lowest BCUT2D eigenvalue weighted by molar-refractivity contribution is -0.122. The Morgan fingerprint density at radius 2 is 1.71 bits per heavy atom. The molecule has 0 aliphatic carbocycles. The highest BCUT2D eigenvalue weighted by Gasteiger charge is 2.26. The topological polar surface area (TPSA) is 93.4 Å². The maximum Gasteiger partial charge on any atom is 0.337 e. The van der Waals surface area contributed by atoms with Crippen molar-refractivity contribution in [3.05, 3.63) is 60.6 Å². The van der Waals surface area contributed by atoms with Gasteiger partial charge in [-0.2, -0.15) is 0 Å². The Balaban J connectivity index is 2.35. The monoisotopic (exact) mass is 498 g/mol. The van der Waals surface area contributed by atoms with E-state index >= 15 is 0 Å². The van der Waals surface area contributed by atoms with Crippen molar-refractivity contribution in [1.82, 2.24) is 19.4 Å². The zero-order chi connectivity index (χ0) is 26.0. The Kier molecular flexibility index (Phi) is 8.00. The first-order valence-corrected chi connectivity index (χ1v) is 12.8. The molecule has 3 rings (SSSR count). The molecule has 1 atom stereocenters. The minimum absolute atomic E-state index is 0.0516. The van der Waals surface area contributed by atoms with Gasteiger partial charge in [0.05, 0.1) is 16.0 Å². The standard InChI is InChI=1S/C26H34N4O4S/c1-8-17(6)27-20(31)14-29-25-21(18(7)22(35-25)24(33)28(9-2)10-3)23(32)30(26(29)34)19-12-11-15(4)16(5)13-19/h11-13,17H,8-10,14H2,1-7H3,(H,27,31)/t17-/m1/s1. The van der Waals surface area contributed by atoms with E-state index in [0.717, 1.165) is 33.5 Å². The summed E-state index contributed by atoms with van der Waals surface area (Å²) in [7, 11) is 0. The number of carbonyl (C=O) groups excluding carboxylic acids is 2. The number of carbonyl (C=O) groups is 2. The summed E-state index contributed by atoms with van der Waals surface area (Å²) in [5.41, 5.74) is 1.85. The third-order valence-electron chi connectivity index (χ3n) is 6.53. The van der Waals surface area contributed by atoms with Crippen LogP contribution in [0, 0.1) is 20.8 Å². The van der Waals surface area contributed by atoms with Gasteiger partial charge in [-0.1, -0.05) is 13.0 Å². The predicted octanol–water partition coefficient (Wildman–Crippen LogP) is 3.54. The van der Waals surface area contributed by atoms with Crippen LogP contribution in [0.1, 0.15) is 60.5 Å². The van der Waals surface area contributed by atoms with Crippen LogP contribution in [0.5, 0.6) is 0 Å². The summed E-state index contributed by atoms with van der Waals surface area (Å²) >= 11 is 1.10. The smallest absolute Gasteiger partial charge is 0.337 e. The van der Waals surface area contributed by atoms with E-state index in [1.165, 1.54) is 4.57 Å². The molecule has 0 unspecified atom stereocenters. The maximum atomic E-state index is 13.7. The number of hydrogen-bond acceptors (Lipinski definition) is 5. The highest BCUT2D eigenvalue weighted by molar-refractivity contribution is 7.20. The Morgan fingerprint density at radius 1 is 1.06 bits per heavy atom. The summed E-state index contributed by atoms with van der Waals surface area (Å²) in [6.07, 6.45) is 0.749. The van der Waals surface area contributed by atoms with Gasteiger partial charge in [0.1, 0.15) is 11.4 Å². The average molecular weight is 499 g/mol. The molecule has 0 aliphatic heterocycles. The number of rotatable bonds is 8. The number of aryl methyl sites for hydroxylation is 3. The lowest BCUT2D eigenvalue weighted by atomic mass is 10.1. The number of benzene rings is 1. The van der Waals surface area contributed by atoms with Gasteiger partial charge in [0, 0.05) is 19.1 Å². The van der Waals surface area contributed by atoms with Gasteiger partial charge >= 0.3 is 5.69 Å². The molecule has 188 valence electrons. The molecule has 0 saturated carbocycles. The molecule has 0 fully saturated rings. The second-order valence-corrected chi connectivity index (χ2v) is 9.87. The summed E-state index contributed by atoms with van der Waals surface area (Å²) in [5, 5.41) is 3.18. The zero-order valence-electron chi connectivity index (χ0n) is 21.5. The first-order chi connectivity index (χ1) is 16.5. The van der Waals surface area contributed by atoms with E-state index in [9.17, 15) is 19.2 Å². The van der Waals surface area contributed by atoms with Crippen LogP contribution in [0.15, 0.2) is 27.8 Å². The van der Waals surface area contributed by atoms with E-state index in [1.54, 1.807) is 24.0 Å². The summed E-state index contributed by atoms with van der Waals surface area (Å²) < 4.78 is 2.43. The van der Waals surface area contributed by atoms with Crippen LogP contribution < -0.4 is 16.6 Å². The SMILES string of the molecule is CC[C@@H](C)NC(=O)Cn1c(=O)n(-c2ccc(C)c(C)c2)c(=O)c2c(C)c(C(=O)N(CC)CC)sc21. The van der Waals surface area contributed by atoms with Crippen LogP contribution >= 0.6 is 11.3 Å². The van der Waals surface area contributed by atoms with E-state index in [2.05, 4.69) is 5.32 Å². The number of hydrogen-bond donors (Lipinski definition) is 1. The van der Waals surface area contributed by atoms with Crippen molar-refractivity contribution in [1.29, 1.82) is 0 Å². The first-order valence-electron chi connectivity index (χ1n) is 12.0. The Bertz CT molecular complexity index is 1400. The molecule has 0 aliphatic rings. The second kappa shape index (κ2) is 10.6. The summed E-state index contributed by atoms with van der Waals surface area (Å²) in [5.74, 6) is -0.510. The molecule has 2 aromatic heterocycles. The zero-order valence-corrected chi connectivity index (χ0v) is 22.3. The quantitative estimate of drug-likeness (QED) is 0.514. The third-order valence-corrected chi connectivity index (χ3v) is 7.83. The predicted molar refractivity (Wildman–Crippen MR) is 141 cm³/mol. The second-order valence-electron chi connectivity index (χ2n) is 8.87. The third kappa shape index (κ3) is 4.96. The van der Waals surface area contributed by atoms with Crippen molar-refractivity contribution in [2.75, 3.05) is 13.1 Å². The van der Waals surface area contributed by atoms with E-state index in [4.69, 9.17) is 0 Å². The van der Waals surface area contributed by atoms with Gasteiger partial charge < -0.3 is 10.2 Å². The molecule has 3 aromatic rings. The van der Waals surface area contributed by atoms with E-state index in [-0.39, 0.29) is 24.4 Å². The molecule has 8 nitrogen and oxygen atoms in total. The van der Waals surface area contributed by atoms with Crippen LogP contribution in [-0.4, -0.2) is 45.0 Å². The Hall–Kier alpha value is -3.20. The van der Waals surface area contributed by atoms with E-state index < -0.39 is 11.2 Å². The molecule has 0 bridgehead atoms. The van der Waals surface area contributed by atoms with Gasteiger partial charge in [-0.05, 0) is 76.8 Å². The van der Waals surface area contributed by atoms with Gasteiger partial charge in [0.15, 0.2) is 0 Å². The number of aromatic nitrogens is 2. The fourth-order valence-corrected chi connectivity index (χ4v) is 5.26. The van der Waals surface area contributed by atoms with Gasteiger partial charge in [-0.15, -0.1) is 11.3 Å². The van der Waals surface area contributed by atoms with Gasteiger partial charge in [-0.3, -0.25) is 19.0 Å². The number of nitrogens with zero attached hydrogens (tertiary/aromatic N) is 3. The van der Waals surface area contributed by atoms with Gasteiger partial charge in [-0.25, -0.2) is 9.36 Å². The highest BCUT2D eigenvalue weighted by Crippen LogP contribution is 2.29. The van der Waals surface area contributed by atoms with Crippen molar-refractivity contribution >= 4 is 33.4 Å². The summed E-state index contributed by atoms with van der Waals surface area (Å²) in [4.78, 5) is 55.8. The van der Waals surface area contributed by atoms with Crippen LogP contribution in [-0.2, 0) is 11.3 Å². The highest BCUT2D eigenvalue weighted by atomic mass is 32.1. The van der Waals surface area contributed by atoms with Crippen LogP contribution in [0.3, 0.4) is 0 Å². The number of fused-ring (bicyclic) bond motifs is 1. The molecule has 0 spiro atoms. The summed E-state index contributed by atoms with van der Waals surface area (Å²) in [6.45, 7) is 14.1. The van der Waals surface area contributed by atoms with Crippen molar-refractivity contribution in [2.45, 2.75) is 67.5 Å². The van der Waals surface area contributed by atoms with Gasteiger partial charge in [0.2, 0.25) is 5.91 Å². The molecule has 2 heterocycles. The molecular weight excluding hydrogens is 464 g/mol. The minimum Gasteiger partial charge on any atom is -0.352 e. The molecule has 35 heavy (non-hydrogen) atoms. The fraction of sp³-hybridized carbons (Fsp3) is 0.462. The van der Waals surface area contributed by atoms with E-state index in [1.807, 2.05) is 47.6 Å². The summed E-state index contributed by atoms with van der Waals surface area (Å²) in [6, 6.07) is 5.32. The molecule has 2 amide bonds. The number of thiophene rings is 1. The molecule has 0 radical (unpaired) electrons. The molecule has 9 heteroatoms. The van der Waals surface area contributed by atoms with Gasteiger partial charge in [0.25, 0.3) is 11.5 Å². The average Bonchev–Trinajstić information content (AvgIpc) is 3.16. The minimum atomic E-state index is -0.604. The molecular formula is C26H34N4O4S. The number of amides is 2. The Labute approximate surface area is 209 Å². The fourth-order valence-electron chi connectivity index (χ4n) is 4.00. The van der Waals surface area contributed by atoms with Crippen molar-refractivity contribution in [3.8, 4) is 5.69 Å². The number of nitrogens with one attached hydrogen (secondary N) is 1. The first kappa shape index (κ1) is 26.4. The van der Waals surface area contributed by atoms with Crippen molar-refractivity contribution < 1.29 is 9.59 Å². The largest absolute Gasteiger partial charge is 0.352 e. The normalized spacial score (nSPS) is 12.1. The lowest BCUT2D eigenvalue weighted by Gasteiger charge is -2.17. The van der Waals surface area contributed by atoms with Crippen LogP contribution in [0.25, 0.3) is 15.9 Å². The lowest BCUT2D eigenvalue weighted by Crippen LogP contribution is -2.42. The molecule has 0 saturated heterocycles. The van der Waals surface area contributed by atoms with E-state index in [0.29, 0.717) is 39.4 Å². The van der Waals surface area contributed by atoms with Crippen molar-refractivity contribution in [3.63, 3.8) is 0 Å².